The highest BCUT2D eigenvalue weighted by Crippen LogP contribution is 2.16. The molecule has 0 spiro atoms. The number of hydrazone groups is 1. The molecule has 0 atom stereocenters. The fourth-order valence-corrected chi connectivity index (χ4v) is 2.03. The van der Waals surface area contributed by atoms with Gasteiger partial charge in [0.15, 0.2) is 0 Å². The summed E-state index contributed by atoms with van der Waals surface area (Å²) in [5.74, 6) is -0.894. The van der Waals surface area contributed by atoms with Crippen molar-refractivity contribution in [1.29, 1.82) is 0 Å². The lowest BCUT2D eigenvalue weighted by molar-refractivity contribution is -0.138. The number of ether oxygens (including phenoxy) is 1. The number of rotatable bonds is 5. The normalized spacial score (nSPS) is 10.4. The van der Waals surface area contributed by atoms with Gasteiger partial charge < -0.3 is 10.1 Å². The van der Waals surface area contributed by atoms with E-state index in [1.165, 1.54) is 13.3 Å². The minimum absolute atomic E-state index is 0.446. The number of hydrogen-bond donors (Lipinski definition) is 2. The van der Waals surface area contributed by atoms with Crippen LogP contribution in [-0.4, -0.2) is 25.1 Å². The van der Waals surface area contributed by atoms with Crippen LogP contribution in [0.3, 0.4) is 0 Å². The lowest BCUT2D eigenvalue weighted by Crippen LogP contribution is -2.35. The van der Waals surface area contributed by atoms with Crippen LogP contribution in [0.4, 0.5) is 0 Å². The quantitative estimate of drug-likeness (QED) is 0.467. The van der Waals surface area contributed by atoms with Crippen molar-refractivity contribution in [1.82, 2.24) is 10.7 Å². The molecule has 0 radical (unpaired) electrons. The van der Waals surface area contributed by atoms with Crippen LogP contribution in [0.15, 0.2) is 58.1 Å². The third-order valence-corrected chi connectivity index (χ3v) is 3.52. The van der Waals surface area contributed by atoms with E-state index >= 15 is 0 Å². The second-order valence-electron chi connectivity index (χ2n) is 4.77. The van der Waals surface area contributed by atoms with E-state index in [-0.39, 0.29) is 0 Å². The first-order chi connectivity index (χ1) is 11.6. The molecule has 0 aromatic heterocycles. The van der Waals surface area contributed by atoms with Gasteiger partial charge in [-0.1, -0.05) is 40.2 Å². The van der Waals surface area contributed by atoms with Crippen molar-refractivity contribution < 1.29 is 14.3 Å². The summed E-state index contributed by atoms with van der Waals surface area (Å²) in [6.45, 7) is 0.446. The molecule has 124 valence electrons. The molecule has 0 saturated carbocycles. The Labute approximate surface area is 148 Å². The minimum atomic E-state index is -0.823. The standard InChI is InChI=1S/C17H16BrN3O3/c1-19-16(22)17(23)21-20-10-13-3-2-4-15(9-13)24-11-12-5-7-14(18)8-6-12/h2-10H,11H2,1H3,(H,19,22)(H,21,23)/b20-10-. The molecule has 0 bridgehead atoms. The van der Waals surface area contributed by atoms with Crippen LogP contribution in [-0.2, 0) is 16.2 Å². The maximum atomic E-state index is 11.2. The predicted octanol–water partition coefficient (Wildman–Crippen LogP) is 2.22. The average molecular weight is 390 g/mol. The van der Waals surface area contributed by atoms with Gasteiger partial charge in [-0.3, -0.25) is 9.59 Å². The second-order valence-corrected chi connectivity index (χ2v) is 5.68. The van der Waals surface area contributed by atoms with E-state index in [1.54, 1.807) is 6.07 Å². The van der Waals surface area contributed by atoms with Crippen molar-refractivity contribution in [2.75, 3.05) is 7.05 Å². The van der Waals surface area contributed by atoms with Gasteiger partial charge in [0.25, 0.3) is 0 Å². The third-order valence-electron chi connectivity index (χ3n) is 2.99. The van der Waals surface area contributed by atoms with Gasteiger partial charge in [0.1, 0.15) is 12.4 Å². The van der Waals surface area contributed by atoms with Crippen molar-refractivity contribution in [3.05, 3.63) is 64.1 Å². The zero-order chi connectivity index (χ0) is 17.4. The molecular formula is C17H16BrN3O3. The van der Waals surface area contributed by atoms with E-state index in [1.807, 2.05) is 42.5 Å². The smallest absolute Gasteiger partial charge is 0.329 e. The number of hydrogen-bond acceptors (Lipinski definition) is 4. The molecule has 0 heterocycles. The van der Waals surface area contributed by atoms with Crippen molar-refractivity contribution >= 4 is 34.0 Å². The van der Waals surface area contributed by atoms with Gasteiger partial charge in [-0.25, -0.2) is 5.43 Å². The average Bonchev–Trinajstić information content (AvgIpc) is 2.61. The number of carbonyl (C=O) groups excluding carboxylic acids is 2. The van der Waals surface area contributed by atoms with Crippen LogP contribution >= 0.6 is 15.9 Å². The minimum Gasteiger partial charge on any atom is -0.489 e. The Morgan fingerprint density at radius 2 is 1.92 bits per heavy atom. The summed E-state index contributed by atoms with van der Waals surface area (Å²) in [4.78, 5) is 22.3. The molecule has 2 amide bonds. The Balaban J connectivity index is 1.92. The maximum Gasteiger partial charge on any atom is 0.329 e. The zero-order valence-electron chi connectivity index (χ0n) is 13.0. The van der Waals surface area contributed by atoms with Crippen LogP contribution in [0.2, 0.25) is 0 Å². The third kappa shape index (κ3) is 5.51. The topological polar surface area (TPSA) is 79.8 Å². The molecule has 2 N–H and O–H groups in total. The molecule has 7 heteroatoms. The summed E-state index contributed by atoms with van der Waals surface area (Å²) in [5.41, 5.74) is 3.93. The highest BCUT2D eigenvalue weighted by molar-refractivity contribution is 9.10. The molecule has 0 aliphatic heterocycles. The van der Waals surface area contributed by atoms with E-state index in [9.17, 15) is 9.59 Å². The molecule has 2 aromatic carbocycles. The van der Waals surface area contributed by atoms with Gasteiger partial charge >= 0.3 is 11.8 Å². The van der Waals surface area contributed by atoms with E-state index in [4.69, 9.17) is 4.74 Å². The van der Waals surface area contributed by atoms with Crippen molar-refractivity contribution in [3.8, 4) is 5.75 Å². The molecule has 0 aliphatic carbocycles. The first-order valence-electron chi connectivity index (χ1n) is 7.11. The number of nitrogens with zero attached hydrogens (tertiary/aromatic N) is 1. The number of carbonyl (C=O) groups is 2. The Morgan fingerprint density at radius 3 is 2.62 bits per heavy atom. The van der Waals surface area contributed by atoms with Crippen LogP contribution < -0.4 is 15.5 Å². The first kappa shape index (κ1) is 17.7. The summed E-state index contributed by atoms with van der Waals surface area (Å²) in [6.07, 6.45) is 1.44. The molecule has 24 heavy (non-hydrogen) atoms. The van der Waals surface area contributed by atoms with Crippen LogP contribution in [0.25, 0.3) is 0 Å². The summed E-state index contributed by atoms with van der Waals surface area (Å²) in [5, 5.41) is 5.94. The van der Waals surface area contributed by atoms with Crippen LogP contribution in [0.5, 0.6) is 5.75 Å². The molecule has 6 nitrogen and oxygen atoms in total. The Morgan fingerprint density at radius 1 is 1.17 bits per heavy atom. The van der Waals surface area contributed by atoms with E-state index in [0.717, 1.165) is 15.6 Å². The predicted molar refractivity (Wildman–Crippen MR) is 94.7 cm³/mol. The van der Waals surface area contributed by atoms with Gasteiger partial charge in [0.2, 0.25) is 0 Å². The van der Waals surface area contributed by atoms with E-state index in [2.05, 4.69) is 31.8 Å². The monoisotopic (exact) mass is 389 g/mol. The molecule has 0 fully saturated rings. The van der Waals surface area contributed by atoms with Gasteiger partial charge in [-0.05, 0) is 35.4 Å². The molecule has 2 aromatic rings. The van der Waals surface area contributed by atoms with Gasteiger partial charge in [-0.15, -0.1) is 0 Å². The Hall–Kier alpha value is -2.67. The SMILES string of the molecule is CNC(=O)C(=O)N/N=C\c1cccc(OCc2ccc(Br)cc2)c1. The Bertz CT molecular complexity index is 745. The fourth-order valence-electron chi connectivity index (χ4n) is 1.76. The van der Waals surface area contributed by atoms with Gasteiger partial charge in [-0.2, -0.15) is 5.10 Å². The van der Waals surface area contributed by atoms with E-state index in [0.29, 0.717) is 12.4 Å². The first-order valence-corrected chi connectivity index (χ1v) is 7.90. The molecule has 0 unspecified atom stereocenters. The molecule has 2 rings (SSSR count). The number of benzene rings is 2. The highest BCUT2D eigenvalue weighted by Gasteiger charge is 2.08. The summed E-state index contributed by atoms with van der Waals surface area (Å²) in [7, 11) is 1.37. The van der Waals surface area contributed by atoms with Crippen molar-refractivity contribution in [3.63, 3.8) is 0 Å². The van der Waals surface area contributed by atoms with E-state index < -0.39 is 11.8 Å². The lowest BCUT2D eigenvalue weighted by Gasteiger charge is -2.07. The second kappa shape index (κ2) is 8.83. The number of amides is 2. The van der Waals surface area contributed by atoms with Gasteiger partial charge in [0.05, 0.1) is 6.21 Å². The van der Waals surface area contributed by atoms with Gasteiger partial charge in [0, 0.05) is 11.5 Å². The van der Waals surface area contributed by atoms with Crippen LogP contribution in [0.1, 0.15) is 11.1 Å². The summed E-state index contributed by atoms with van der Waals surface area (Å²) in [6, 6.07) is 15.1. The van der Waals surface area contributed by atoms with Crippen molar-refractivity contribution in [2.45, 2.75) is 6.61 Å². The highest BCUT2D eigenvalue weighted by atomic mass is 79.9. The summed E-state index contributed by atoms with van der Waals surface area (Å²) >= 11 is 3.39. The zero-order valence-corrected chi connectivity index (χ0v) is 14.5. The van der Waals surface area contributed by atoms with Crippen LogP contribution in [0, 0.1) is 0 Å². The molecule has 0 saturated heterocycles. The Kier molecular flexibility index (Phi) is 6.51. The number of likely N-dealkylation sites (N-methyl/N-ethyl adjacent to an activating group) is 1. The molecule has 0 aliphatic rings. The van der Waals surface area contributed by atoms with Crippen molar-refractivity contribution in [2.24, 2.45) is 5.10 Å². The number of nitrogens with one attached hydrogen (secondary N) is 2. The lowest BCUT2D eigenvalue weighted by atomic mass is 10.2. The largest absolute Gasteiger partial charge is 0.489 e. The fraction of sp³-hybridized carbons (Fsp3) is 0.118. The maximum absolute atomic E-state index is 11.2. The number of halogens is 1. The molecular weight excluding hydrogens is 374 g/mol. The summed E-state index contributed by atoms with van der Waals surface area (Å²) < 4.78 is 6.74.